The molecule has 0 bridgehead atoms. The molecule has 0 aliphatic heterocycles. The smallest absolute Gasteiger partial charge is 0.128 e. The number of hydrogen-bond acceptors (Lipinski definition) is 4. The molecule has 21 heavy (non-hydrogen) atoms. The summed E-state index contributed by atoms with van der Waals surface area (Å²) in [6, 6.07) is 12.0. The molecular weight excluding hydrogens is 280 g/mol. The van der Waals surface area contributed by atoms with Crippen molar-refractivity contribution >= 4 is 22.1 Å². The van der Waals surface area contributed by atoms with Gasteiger partial charge in [-0.2, -0.15) is 0 Å². The van der Waals surface area contributed by atoms with E-state index < -0.39 is 0 Å². The van der Waals surface area contributed by atoms with Gasteiger partial charge in [-0.05, 0) is 19.2 Å². The lowest BCUT2D eigenvalue weighted by atomic mass is 10.0. The van der Waals surface area contributed by atoms with Crippen molar-refractivity contribution in [3.05, 3.63) is 58.0 Å². The zero-order chi connectivity index (χ0) is 14.8. The molecule has 0 radical (unpaired) electrons. The van der Waals surface area contributed by atoms with Crippen molar-refractivity contribution in [2.75, 3.05) is 0 Å². The van der Waals surface area contributed by atoms with Gasteiger partial charge in [-0.1, -0.05) is 36.4 Å². The number of aromatic nitrogens is 1. The largest absolute Gasteiger partial charge is 0.507 e. The van der Waals surface area contributed by atoms with E-state index in [9.17, 15) is 5.11 Å². The van der Waals surface area contributed by atoms with E-state index in [1.165, 1.54) is 4.88 Å². The average molecular weight is 298 g/mol. The van der Waals surface area contributed by atoms with E-state index >= 15 is 0 Å². The lowest BCUT2D eigenvalue weighted by Gasteiger charge is -2.16. The van der Waals surface area contributed by atoms with E-state index in [0.29, 0.717) is 12.3 Å². The molecule has 3 aromatic rings. The van der Waals surface area contributed by atoms with Crippen LogP contribution < -0.4 is 5.32 Å². The Morgan fingerprint density at radius 1 is 1.24 bits per heavy atom. The summed E-state index contributed by atoms with van der Waals surface area (Å²) in [5.41, 5.74) is 0.918. The molecule has 1 aromatic heterocycles. The van der Waals surface area contributed by atoms with E-state index in [1.807, 2.05) is 36.5 Å². The van der Waals surface area contributed by atoms with Gasteiger partial charge in [0.1, 0.15) is 10.8 Å². The normalized spacial score (nSPS) is 12.7. The van der Waals surface area contributed by atoms with Crippen LogP contribution in [0.1, 0.15) is 28.4 Å². The Bertz CT molecular complexity index is 766. The molecule has 4 heteroatoms. The van der Waals surface area contributed by atoms with Crippen molar-refractivity contribution in [3.8, 4) is 5.75 Å². The number of hydrogen-bond donors (Lipinski definition) is 2. The van der Waals surface area contributed by atoms with Gasteiger partial charge >= 0.3 is 0 Å². The van der Waals surface area contributed by atoms with Gasteiger partial charge in [0, 0.05) is 34.6 Å². The van der Waals surface area contributed by atoms with E-state index in [-0.39, 0.29) is 6.04 Å². The second-order valence-electron chi connectivity index (χ2n) is 5.19. The molecule has 0 aliphatic rings. The third-order valence-electron chi connectivity index (χ3n) is 3.63. The first-order chi connectivity index (χ1) is 10.1. The molecule has 108 valence electrons. The topological polar surface area (TPSA) is 45.2 Å². The molecule has 0 saturated carbocycles. The Balaban J connectivity index is 1.81. The first-order valence-corrected chi connectivity index (χ1v) is 7.82. The van der Waals surface area contributed by atoms with Crippen molar-refractivity contribution in [2.45, 2.75) is 26.4 Å². The van der Waals surface area contributed by atoms with Crippen molar-refractivity contribution in [1.29, 1.82) is 0 Å². The van der Waals surface area contributed by atoms with Crippen molar-refractivity contribution in [3.63, 3.8) is 0 Å². The van der Waals surface area contributed by atoms with Crippen LogP contribution in [0.5, 0.6) is 5.75 Å². The second kappa shape index (κ2) is 5.84. The summed E-state index contributed by atoms with van der Waals surface area (Å²) in [6.07, 6.45) is 1.89. The van der Waals surface area contributed by atoms with E-state index in [2.05, 4.69) is 30.2 Å². The lowest BCUT2D eigenvalue weighted by Crippen LogP contribution is -2.18. The highest BCUT2D eigenvalue weighted by Gasteiger charge is 2.13. The molecule has 0 amide bonds. The fourth-order valence-corrected chi connectivity index (χ4v) is 3.19. The molecule has 0 aliphatic carbocycles. The van der Waals surface area contributed by atoms with E-state index in [1.54, 1.807) is 11.3 Å². The maximum Gasteiger partial charge on any atom is 0.128 e. The van der Waals surface area contributed by atoms with Crippen LogP contribution in [-0.4, -0.2) is 10.1 Å². The Morgan fingerprint density at radius 3 is 2.81 bits per heavy atom. The maximum absolute atomic E-state index is 10.5. The Kier molecular flexibility index (Phi) is 3.90. The minimum atomic E-state index is 0.0683. The SMILES string of the molecule is Cc1cnc(CNC(C)c2ccc3ccccc3c2O)s1. The molecule has 0 fully saturated rings. The highest BCUT2D eigenvalue weighted by molar-refractivity contribution is 7.11. The number of phenols is 1. The van der Waals surface area contributed by atoms with Crippen molar-refractivity contribution in [2.24, 2.45) is 0 Å². The molecule has 3 rings (SSSR count). The first-order valence-electron chi connectivity index (χ1n) is 7.00. The third kappa shape index (κ3) is 2.91. The standard InChI is InChI=1S/C17H18N2OS/c1-11-9-19-16(21-11)10-18-12(2)14-8-7-13-5-3-4-6-15(13)17(14)20/h3-9,12,18,20H,10H2,1-2H3. The minimum Gasteiger partial charge on any atom is -0.507 e. The van der Waals surface area contributed by atoms with Gasteiger partial charge in [-0.3, -0.25) is 0 Å². The zero-order valence-corrected chi connectivity index (χ0v) is 12.9. The summed E-state index contributed by atoms with van der Waals surface area (Å²) in [6.45, 7) is 4.83. The van der Waals surface area contributed by atoms with Crippen LogP contribution in [0.2, 0.25) is 0 Å². The van der Waals surface area contributed by atoms with Gasteiger partial charge in [0.2, 0.25) is 0 Å². The van der Waals surface area contributed by atoms with Gasteiger partial charge in [0.25, 0.3) is 0 Å². The third-order valence-corrected chi connectivity index (χ3v) is 4.54. The van der Waals surface area contributed by atoms with Crippen LogP contribution in [0.15, 0.2) is 42.6 Å². The van der Waals surface area contributed by atoms with Crippen LogP contribution in [0.25, 0.3) is 10.8 Å². The number of nitrogens with zero attached hydrogens (tertiary/aromatic N) is 1. The van der Waals surface area contributed by atoms with E-state index in [0.717, 1.165) is 21.3 Å². The van der Waals surface area contributed by atoms with Crippen LogP contribution in [0.4, 0.5) is 0 Å². The van der Waals surface area contributed by atoms with Crippen LogP contribution in [0, 0.1) is 6.92 Å². The Hall–Kier alpha value is -1.91. The molecule has 3 nitrogen and oxygen atoms in total. The number of aryl methyl sites for hydroxylation is 1. The summed E-state index contributed by atoms with van der Waals surface area (Å²) >= 11 is 1.70. The van der Waals surface area contributed by atoms with Gasteiger partial charge in [0.15, 0.2) is 0 Å². The number of fused-ring (bicyclic) bond motifs is 1. The van der Waals surface area contributed by atoms with E-state index in [4.69, 9.17) is 0 Å². The molecular formula is C17H18N2OS. The van der Waals surface area contributed by atoms with Crippen LogP contribution in [-0.2, 0) is 6.54 Å². The molecule has 1 atom stereocenters. The predicted octanol–water partition coefficient (Wildman–Crippen LogP) is 4.16. The number of benzene rings is 2. The lowest BCUT2D eigenvalue weighted by molar-refractivity contribution is 0.458. The summed E-state index contributed by atoms with van der Waals surface area (Å²) in [7, 11) is 0. The first kappa shape index (κ1) is 14.0. The number of rotatable bonds is 4. The number of nitrogens with one attached hydrogen (secondary N) is 1. The molecule has 1 unspecified atom stereocenters. The quantitative estimate of drug-likeness (QED) is 0.760. The van der Waals surface area contributed by atoms with Crippen molar-refractivity contribution < 1.29 is 5.11 Å². The monoisotopic (exact) mass is 298 g/mol. The summed E-state index contributed by atoms with van der Waals surface area (Å²) in [4.78, 5) is 5.56. The van der Waals surface area contributed by atoms with Gasteiger partial charge in [0.05, 0.1) is 0 Å². The number of aromatic hydroxyl groups is 1. The average Bonchev–Trinajstić information content (AvgIpc) is 2.91. The molecule has 2 N–H and O–H groups in total. The van der Waals surface area contributed by atoms with Crippen LogP contribution >= 0.6 is 11.3 Å². The van der Waals surface area contributed by atoms with Crippen LogP contribution in [0.3, 0.4) is 0 Å². The minimum absolute atomic E-state index is 0.0683. The van der Waals surface area contributed by atoms with Crippen molar-refractivity contribution in [1.82, 2.24) is 10.3 Å². The summed E-state index contributed by atoms with van der Waals surface area (Å²) in [5, 5.41) is 16.9. The number of thiazole rings is 1. The fraction of sp³-hybridized carbons (Fsp3) is 0.235. The number of phenolic OH excluding ortho intramolecular Hbond substituents is 1. The predicted molar refractivity (Wildman–Crippen MR) is 87.7 cm³/mol. The van der Waals surface area contributed by atoms with Gasteiger partial charge in [-0.15, -0.1) is 11.3 Å². The Morgan fingerprint density at radius 2 is 2.05 bits per heavy atom. The molecule has 0 saturated heterocycles. The summed E-state index contributed by atoms with van der Waals surface area (Å²) in [5.74, 6) is 0.364. The molecule has 2 aromatic carbocycles. The van der Waals surface area contributed by atoms with Gasteiger partial charge < -0.3 is 10.4 Å². The molecule has 1 heterocycles. The zero-order valence-electron chi connectivity index (χ0n) is 12.1. The molecule has 0 spiro atoms. The highest BCUT2D eigenvalue weighted by Crippen LogP contribution is 2.32. The maximum atomic E-state index is 10.5. The fourth-order valence-electron chi connectivity index (χ4n) is 2.45. The highest BCUT2D eigenvalue weighted by atomic mass is 32.1. The Labute approximate surface area is 128 Å². The second-order valence-corrected chi connectivity index (χ2v) is 6.51. The van der Waals surface area contributed by atoms with Gasteiger partial charge in [-0.25, -0.2) is 4.98 Å². The summed E-state index contributed by atoms with van der Waals surface area (Å²) < 4.78 is 0.